The molecule has 0 saturated carbocycles. The number of benzene rings is 3. The van der Waals surface area contributed by atoms with Crippen molar-refractivity contribution in [2.45, 2.75) is 11.8 Å². The molecule has 4 nitrogen and oxygen atoms in total. The van der Waals surface area contributed by atoms with Crippen LogP contribution in [0.2, 0.25) is 0 Å². The van der Waals surface area contributed by atoms with Crippen molar-refractivity contribution in [3.05, 3.63) is 88.4 Å². The number of aliphatic imine (C=N–C) groups is 1. The second kappa shape index (κ2) is 6.37. The maximum absolute atomic E-state index is 13.4. The lowest BCUT2D eigenvalue weighted by molar-refractivity contribution is 0.596. The second-order valence-electron chi connectivity index (χ2n) is 5.99. The first kappa shape index (κ1) is 17.0. The van der Waals surface area contributed by atoms with E-state index >= 15 is 0 Å². The Balaban J connectivity index is 2.04. The number of sulfonamides is 1. The van der Waals surface area contributed by atoms with Gasteiger partial charge in [-0.15, -0.1) is 0 Å². The molecular weight excluding hydrogens is 412 g/mol. The molecule has 0 spiro atoms. The summed E-state index contributed by atoms with van der Waals surface area (Å²) in [6, 6.07) is 21.7. The number of aryl methyl sites for hydroxylation is 1. The number of rotatable bonds is 2. The number of anilines is 1. The standard InChI is InChI=1S/C20H15BrN2O2S/c1-14-11-12-18(16(21)13-14)23-20(15-7-3-2-4-8-15)22-17-9-5-6-10-19(17)26(23,24)25/h2-13H,1H3. The first-order valence-electron chi connectivity index (χ1n) is 8.03. The van der Waals surface area contributed by atoms with Gasteiger partial charge in [0.2, 0.25) is 0 Å². The van der Waals surface area contributed by atoms with Gasteiger partial charge in [-0.2, -0.15) is 0 Å². The molecule has 1 heterocycles. The van der Waals surface area contributed by atoms with Crippen molar-refractivity contribution in [3.8, 4) is 0 Å². The minimum absolute atomic E-state index is 0.201. The van der Waals surface area contributed by atoms with Crippen molar-refractivity contribution in [1.82, 2.24) is 0 Å². The fourth-order valence-electron chi connectivity index (χ4n) is 2.93. The molecule has 0 atom stereocenters. The number of hydrogen-bond acceptors (Lipinski definition) is 3. The van der Waals surface area contributed by atoms with Crippen LogP contribution in [0.1, 0.15) is 11.1 Å². The first-order chi connectivity index (χ1) is 12.5. The molecule has 0 amide bonds. The summed E-state index contributed by atoms with van der Waals surface area (Å²) < 4.78 is 28.9. The Kier molecular flexibility index (Phi) is 4.17. The molecule has 130 valence electrons. The van der Waals surface area contributed by atoms with Crippen LogP contribution in [0.4, 0.5) is 11.4 Å². The number of hydrogen-bond donors (Lipinski definition) is 0. The maximum Gasteiger partial charge on any atom is 0.272 e. The first-order valence-corrected chi connectivity index (χ1v) is 10.3. The summed E-state index contributed by atoms with van der Waals surface area (Å²) in [4.78, 5) is 4.88. The van der Waals surface area contributed by atoms with E-state index in [4.69, 9.17) is 0 Å². The Bertz CT molecular complexity index is 1130. The fourth-order valence-corrected chi connectivity index (χ4v) is 5.33. The van der Waals surface area contributed by atoms with Crippen LogP contribution in [0.5, 0.6) is 0 Å². The third kappa shape index (κ3) is 2.75. The molecule has 0 radical (unpaired) electrons. The van der Waals surface area contributed by atoms with Crippen molar-refractivity contribution in [1.29, 1.82) is 0 Å². The molecule has 0 aromatic heterocycles. The number of halogens is 1. The molecule has 0 aliphatic carbocycles. The Labute approximate surface area is 161 Å². The van der Waals surface area contributed by atoms with Crippen LogP contribution >= 0.6 is 15.9 Å². The molecule has 4 rings (SSSR count). The summed E-state index contributed by atoms with van der Waals surface area (Å²) in [6.45, 7) is 1.96. The van der Waals surface area contributed by atoms with Gasteiger partial charge < -0.3 is 0 Å². The van der Waals surface area contributed by atoms with E-state index in [1.54, 1.807) is 30.3 Å². The quantitative estimate of drug-likeness (QED) is 0.575. The zero-order chi connectivity index (χ0) is 18.3. The van der Waals surface area contributed by atoms with Gasteiger partial charge in [0.25, 0.3) is 10.0 Å². The normalized spacial score (nSPS) is 15.3. The number of amidine groups is 1. The summed E-state index contributed by atoms with van der Waals surface area (Å²) in [6.07, 6.45) is 0. The molecule has 0 fully saturated rings. The van der Waals surface area contributed by atoms with E-state index in [0.717, 1.165) is 11.1 Å². The van der Waals surface area contributed by atoms with Gasteiger partial charge in [-0.3, -0.25) is 0 Å². The van der Waals surface area contributed by atoms with Crippen molar-refractivity contribution in [2.75, 3.05) is 4.31 Å². The number of para-hydroxylation sites is 1. The zero-order valence-electron chi connectivity index (χ0n) is 13.9. The topological polar surface area (TPSA) is 49.7 Å². The van der Waals surface area contributed by atoms with Gasteiger partial charge in [0.05, 0.1) is 11.4 Å². The summed E-state index contributed by atoms with van der Waals surface area (Å²) >= 11 is 3.51. The Morgan fingerprint density at radius 3 is 2.35 bits per heavy atom. The van der Waals surface area contributed by atoms with Gasteiger partial charge in [-0.05, 0) is 52.7 Å². The molecule has 6 heteroatoms. The number of nitrogens with zero attached hydrogens (tertiary/aromatic N) is 2. The molecule has 0 bridgehead atoms. The van der Waals surface area contributed by atoms with Gasteiger partial charge in [-0.25, -0.2) is 17.7 Å². The van der Waals surface area contributed by atoms with Gasteiger partial charge in [-0.1, -0.05) is 48.5 Å². The molecule has 1 aliphatic heterocycles. The van der Waals surface area contributed by atoms with Gasteiger partial charge in [0, 0.05) is 10.0 Å². The third-order valence-electron chi connectivity index (χ3n) is 4.16. The Hall–Kier alpha value is -2.44. The van der Waals surface area contributed by atoms with E-state index in [-0.39, 0.29) is 4.90 Å². The number of fused-ring (bicyclic) bond motifs is 1. The average Bonchev–Trinajstić information content (AvgIpc) is 2.63. The molecule has 0 unspecified atom stereocenters. The predicted octanol–water partition coefficient (Wildman–Crippen LogP) is 5.04. The molecule has 0 saturated heterocycles. The van der Waals surface area contributed by atoms with Gasteiger partial charge in [0.15, 0.2) is 5.84 Å². The van der Waals surface area contributed by atoms with Crippen LogP contribution in [0.25, 0.3) is 0 Å². The summed E-state index contributed by atoms with van der Waals surface area (Å²) in [7, 11) is -3.80. The van der Waals surface area contributed by atoms with Crippen LogP contribution < -0.4 is 4.31 Å². The molecule has 0 N–H and O–H groups in total. The lowest BCUT2D eigenvalue weighted by Crippen LogP contribution is -2.40. The van der Waals surface area contributed by atoms with E-state index in [2.05, 4.69) is 20.9 Å². The molecule has 3 aromatic carbocycles. The lowest BCUT2D eigenvalue weighted by atomic mass is 10.1. The Morgan fingerprint density at radius 2 is 1.62 bits per heavy atom. The SMILES string of the molecule is Cc1ccc(N2C(c3ccccc3)=Nc3ccccc3S2(=O)=O)c(Br)c1. The zero-order valence-corrected chi connectivity index (χ0v) is 16.3. The van der Waals surface area contributed by atoms with Crippen molar-refractivity contribution in [2.24, 2.45) is 4.99 Å². The van der Waals surface area contributed by atoms with E-state index in [9.17, 15) is 8.42 Å². The van der Waals surface area contributed by atoms with Gasteiger partial charge in [0.1, 0.15) is 4.90 Å². The monoisotopic (exact) mass is 426 g/mol. The highest BCUT2D eigenvalue weighted by Crippen LogP contribution is 2.39. The maximum atomic E-state index is 13.4. The minimum atomic E-state index is -3.80. The second-order valence-corrected chi connectivity index (χ2v) is 8.60. The highest BCUT2D eigenvalue weighted by Gasteiger charge is 2.36. The fraction of sp³-hybridized carbons (Fsp3) is 0.0500. The van der Waals surface area contributed by atoms with E-state index in [1.165, 1.54) is 4.31 Å². The van der Waals surface area contributed by atoms with Crippen LogP contribution in [-0.4, -0.2) is 14.3 Å². The summed E-state index contributed by atoms with van der Waals surface area (Å²) in [5.41, 5.74) is 2.75. The predicted molar refractivity (Wildman–Crippen MR) is 108 cm³/mol. The smallest absolute Gasteiger partial charge is 0.228 e. The van der Waals surface area contributed by atoms with Crippen LogP contribution in [0.3, 0.4) is 0 Å². The van der Waals surface area contributed by atoms with E-state index in [1.807, 2.05) is 49.4 Å². The molecule has 1 aliphatic rings. The largest absolute Gasteiger partial charge is 0.272 e. The van der Waals surface area contributed by atoms with Crippen molar-refractivity contribution in [3.63, 3.8) is 0 Å². The minimum Gasteiger partial charge on any atom is -0.228 e. The molecular formula is C20H15BrN2O2S. The summed E-state index contributed by atoms with van der Waals surface area (Å²) in [5.74, 6) is 0.383. The highest BCUT2D eigenvalue weighted by molar-refractivity contribution is 9.10. The lowest BCUT2D eigenvalue weighted by Gasteiger charge is -2.30. The molecule has 3 aromatic rings. The van der Waals surface area contributed by atoms with E-state index in [0.29, 0.717) is 21.7 Å². The van der Waals surface area contributed by atoms with Crippen molar-refractivity contribution >= 4 is 43.2 Å². The summed E-state index contributed by atoms with van der Waals surface area (Å²) in [5, 5.41) is 0. The highest BCUT2D eigenvalue weighted by atomic mass is 79.9. The van der Waals surface area contributed by atoms with Crippen LogP contribution in [0.15, 0.2) is 87.2 Å². The third-order valence-corrected chi connectivity index (χ3v) is 6.54. The van der Waals surface area contributed by atoms with Crippen LogP contribution in [0, 0.1) is 6.92 Å². The van der Waals surface area contributed by atoms with E-state index < -0.39 is 10.0 Å². The van der Waals surface area contributed by atoms with Crippen LogP contribution in [-0.2, 0) is 10.0 Å². The van der Waals surface area contributed by atoms with Crippen molar-refractivity contribution < 1.29 is 8.42 Å². The average molecular weight is 427 g/mol. The Morgan fingerprint density at radius 1 is 0.923 bits per heavy atom. The van der Waals surface area contributed by atoms with Gasteiger partial charge >= 0.3 is 0 Å². The molecule has 26 heavy (non-hydrogen) atoms.